The molecule has 0 aliphatic carbocycles. The van der Waals surface area contributed by atoms with E-state index in [2.05, 4.69) is 20.2 Å². The molecule has 0 atom stereocenters. The number of carbonyl (C=O) groups is 1. The van der Waals surface area contributed by atoms with E-state index in [1.165, 1.54) is 6.20 Å². The molecule has 0 aliphatic rings. The topological polar surface area (TPSA) is 100 Å². The fourth-order valence-corrected chi connectivity index (χ4v) is 2.46. The van der Waals surface area contributed by atoms with E-state index in [1.54, 1.807) is 6.20 Å². The Morgan fingerprint density at radius 1 is 1.35 bits per heavy atom. The lowest BCUT2D eigenvalue weighted by molar-refractivity contribution is 0.0999. The van der Waals surface area contributed by atoms with Crippen LogP contribution in [-0.2, 0) is 0 Å². The highest BCUT2D eigenvalue weighted by molar-refractivity contribution is 6.00. The lowest BCUT2D eigenvalue weighted by Crippen LogP contribution is -2.15. The summed E-state index contributed by atoms with van der Waals surface area (Å²) in [6, 6.07) is 3.84. The smallest absolute Gasteiger partial charge is 0.250 e. The first-order valence-electron chi connectivity index (χ1n) is 6.39. The highest BCUT2D eigenvalue weighted by atomic mass is 16.1. The highest BCUT2D eigenvalue weighted by Gasteiger charge is 2.18. The van der Waals surface area contributed by atoms with Gasteiger partial charge in [0.25, 0.3) is 5.91 Å². The van der Waals surface area contributed by atoms with Crippen LogP contribution in [0.15, 0.2) is 24.5 Å². The van der Waals surface area contributed by atoms with Crippen LogP contribution >= 0.6 is 0 Å². The van der Waals surface area contributed by atoms with Crippen LogP contribution < -0.4 is 5.73 Å². The van der Waals surface area contributed by atoms with Gasteiger partial charge in [-0.05, 0) is 23.6 Å². The van der Waals surface area contributed by atoms with Gasteiger partial charge in [-0.1, -0.05) is 13.8 Å². The Balaban J connectivity index is 2.28. The fraction of sp³-hybridized carbons (Fsp3) is 0.214. The number of amides is 1. The van der Waals surface area contributed by atoms with Crippen molar-refractivity contribution >= 4 is 16.9 Å². The second-order valence-electron chi connectivity index (χ2n) is 5.02. The second kappa shape index (κ2) is 4.48. The van der Waals surface area contributed by atoms with Crippen LogP contribution in [0.3, 0.4) is 0 Å². The molecule has 0 aliphatic heterocycles. The van der Waals surface area contributed by atoms with Crippen LogP contribution in [-0.4, -0.2) is 26.1 Å². The summed E-state index contributed by atoms with van der Waals surface area (Å²) in [7, 11) is 0. The molecule has 0 saturated carbocycles. The van der Waals surface area contributed by atoms with Crippen LogP contribution in [0.5, 0.6) is 0 Å². The number of carbonyl (C=O) groups excluding carboxylic acids is 1. The van der Waals surface area contributed by atoms with Crippen LogP contribution in [0, 0.1) is 0 Å². The summed E-state index contributed by atoms with van der Waals surface area (Å²) in [5.74, 6) is -0.277. The molecule has 4 N–H and O–H groups in total. The number of aromatic amines is 2. The number of fused-ring (bicyclic) bond motifs is 1. The van der Waals surface area contributed by atoms with Crippen LogP contribution in [0.2, 0.25) is 0 Å². The molecule has 0 bridgehead atoms. The summed E-state index contributed by atoms with van der Waals surface area (Å²) in [4.78, 5) is 19.1. The van der Waals surface area contributed by atoms with Crippen molar-refractivity contribution in [1.82, 2.24) is 20.2 Å². The summed E-state index contributed by atoms with van der Waals surface area (Å²) in [6.45, 7) is 4.06. The summed E-state index contributed by atoms with van der Waals surface area (Å²) < 4.78 is 0. The van der Waals surface area contributed by atoms with Gasteiger partial charge < -0.3 is 10.7 Å². The zero-order chi connectivity index (χ0) is 14.3. The quantitative estimate of drug-likeness (QED) is 0.679. The number of nitrogens with two attached hydrogens (primary N) is 1. The Kier molecular flexibility index (Phi) is 2.78. The number of H-pyrrole nitrogens is 2. The molecule has 1 amide bonds. The molecule has 0 fully saturated rings. The Labute approximate surface area is 115 Å². The van der Waals surface area contributed by atoms with Crippen molar-refractivity contribution in [2.45, 2.75) is 19.8 Å². The summed E-state index contributed by atoms with van der Waals surface area (Å²) in [5.41, 5.74) is 9.33. The zero-order valence-corrected chi connectivity index (χ0v) is 11.3. The molecule has 6 nitrogen and oxygen atoms in total. The van der Waals surface area contributed by atoms with Gasteiger partial charge in [-0.2, -0.15) is 5.10 Å². The van der Waals surface area contributed by atoms with E-state index in [-0.39, 0.29) is 5.92 Å². The molecule has 3 aromatic rings. The van der Waals surface area contributed by atoms with Gasteiger partial charge in [0.2, 0.25) is 0 Å². The van der Waals surface area contributed by atoms with Crippen molar-refractivity contribution in [2.24, 2.45) is 5.73 Å². The van der Waals surface area contributed by atoms with Crippen molar-refractivity contribution in [3.8, 4) is 11.4 Å². The number of nitrogens with one attached hydrogen (secondary N) is 2. The van der Waals surface area contributed by atoms with E-state index >= 15 is 0 Å². The molecule has 0 spiro atoms. The van der Waals surface area contributed by atoms with Crippen molar-refractivity contribution in [1.29, 1.82) is 0 Å². The molecule has 102 valence electrons. The van der Waals surface area contributed by atoms with Gasteiger partial charge in [0, 0.05) is 17.8 Å². The first-order chi connectivity index (χ1) is 9.58. The highest BCUT2D eigenvalue weighted by Crippen LogP contribution is 2.30. The molecule has 3 aromatic heterocycles. The average Bonchev–Trinajstić information content (AvgIpc) is 3.05. The van der Waals surface area contributed by atoms with Gasteiger partial charge in [0.05, 0.1) is 17.0 Å². The number of aromatic nitrogens is 4. The lowest BCUT2D eigenvalue weighted by atomic mass is 9.95. The summed E-state index contributed by atoms with van der Waals surface area (Å²) in [5, 5.41) is 7.75. The van der Waals surface area contributed by atoms with Gasteiger partial charge in [-0.3, -0.25) is 9.89 Å². The number of pyridine rings is 1. The number of hydrogen-bond acceptors (Lipinski definition) is 3. The molecule has 3 rings (SSSR count). The third kappa shape index (κ3) is 1.85. The van der Waals surface area contributed by atoms with E-state index in [1.807, 2.05) is 26.0 Å². The third-order valence-electron chi connectivity index (χ3n) is 3.33. The predicted octanol–water partition coefficient (Wildman–Crippen LogP) is 2.18. The minimum absolute atomic E-state index is 0.174. The second-order valence-corrected chi connectivity index (χ2v) is 5.02. The number of nitrogens with zero attached hydrogens (tertiary/aromatic N) is 2. The molecule has 20 heavy (non-hydrogen) atoms. The van der Waals surface area contributed by atoms with E-state index in [0.717, 1.165) is 28.0 Å². The van der Waals surface area contributed by atoms with Crippen molar-refractivity contribution in [2.75, 3.05) is 0 Å². The number of rotatable bonds is 3. The maximum Gasteiger partial charge on any atom is 0.250 e. The fourth-order valence-electron chi connectivity index (χ4n) is 2.46. The minimum atomic E-state index is -0.451. The van der Waals surface area contributed by atoms with E-state index in [4.69, 9.17) is 5.73 Å². The Bertz CT molecular complexity index is 770. The minimum Gasteiger partial charge on any atom is -0.366 e. The van der Waals surface area contributed by atoms with Crippen LogP contribution in [0.1, 0.15) is 35.7 Å². The zero-order valence-electron chi connectivity index (χ0n) is 11.3. The van der Waals surface area contributed by atoms with Gasteiger partial charge in [-0.25, -0.2) is 4.98 Å². The number of hydrogen-bond donors (Lipinski definition) is 3. The maximum atomic E-state index is 11.6. The van der Waals surface area contributed by atoms with Crippen LogP contribution in [0.25, 0.3) is 22.4 Å². The molecular formula is C14H15N5O. The van der Waals surface area contributed by atoms with Gasteiger partial charge in [0.15, 0.2) is 0 Å². The average molecular weight is 269 g/mol. The number of primary amides is 1. The molecule has 0 radical (unpaired) electrons. The Hall–Kier alpha value is -2.63. The Morgan fingerprint density at radius 2 is 2.15 bits per heavy atom. The van der Waals surface area contributed by atoms with Crippen molar-refractivity contribution in [3.05, 3.63) is 35.7 Å². The monoisotopic (exact) mass is 269 g/mol. The van der Waals surface area contributed by atoms with Crippen molar-refractivity contribution in [3.63, 3.8) is 0 Å². The molecule has 6 heteroatoms. The molecule has 0 saturated heterocycles. The lowest BCUT2D eigenvalue weighted by Gasteiger charge is -2.10. The molecule has 3 heterocycles. The largest absolute Gasteiger partial charge is 0.366 e. The first-order valence-corrected chi connectivity index (χ1v) is 6.39. The molecule has 0 aromatic carbocycles. The third-order valence-corrected chi connectivity index (χ3v) is 3.33. The molecule has 0 unspecified atom stereocenters. The molecular weight excluding hydrogens is 254 g/mol. The summed E-state index contributed by atoms with van der Waals surface area (Å²) >= 11 is 0. The van der Waals surface area contributed by atoms with Gasteiger partial charge >= 0.3 is 0 Å². The Morgan fingerprint density at radius 3 is 2.75 bits per heavy atom. The van der Waals surface area contributed by atoms with Crippen LogP contribution in [0.4, 0.5) is 0 Å². The maximum absolute atomic E-state index is 11.6. The van der Waals surface area contributed by atoms with Gasteiger partial charge in [0.1, 0.15) is 5.65 Å². The van der Waals surface area contributed by atoms with E-state index in [0.29, 0.717) is 5.56 Å². The normalized spacial score (nSPS) is 11.3. The van der Waals surface area contributed by atoms with Gasteiger partial charge in [-0.15, -0.1) is 0 Å². The van der Waals surface area contributed by atoms with Crippen molar-refractivity contribution < 1.29 is 4.79 Å². The van der Waals surface area contributed by atoms with E-state index in [9.17, 15) is 4.79 Å². The first kappa shape index (κ1) is 12.4. The summed E-state index contributed by atoms with van der Waals surface area (Å²) in [6.07, 6.45) is 3.22. The SMILES string of the molecule is CC(C)c1c(C(N)=O)cnc2[nH]c(-c3ccn[nH]3)cc12. The predicted molar refractivity (Wildman–Crippen MR) is 76.3 cm³/mol. The van der Waals surface area contributed by atoms with E-state index < -0.39 is 5.91 Å². The standard InChI is InChI=1S/C14H15N5O/c1-7(2)12-8-5-11(10-3-4-17-19-10)18-14(8)16-6-9(12)13(15)20/h3-7H,1-2H3,(H2,15,20)(H,16,18)(H,17,19).